The number of aryl methyl sites for hydroxylation is 2. The zero-order chi connectivity index (χ0) is 21.9. The highest BCUT2D eigenvalue weighted by atomic mass is 32.2. The average Bonchev–Trinajstić information content (AvgIpc) is 2.69. The molecule has 2 aromatic rings. The summed E-state index contributed by atoms with van der Waals surface area (Å²) in [5.74, 6) is -0.233. The van der Waals surface area contributed by atoms with Gasteiger partial charge in [0.1, 0.15) is 0 Å². The first kappa shape index (κ1) is 22.1. The highest BCUT2D eigenvalue weighted by Gasteiger charge is 2.22. The molecule has 1 amide bonds. The van der Waals surface area contributed by atoms with Gasteiger partial charge in [-0.2, -0.15) is 0 Å². The number of carbonyl (C=O) groups excluding carboxylic acids is 1. The molecule has 8 heteroatoms. The van der Waals surface area contributed by atoms with Crippen LogP contribution < -0.4 is 20.3 Å². The van der Waals surface area contributed by atoms with Gasteiger partial charge >= 0.3 is 0 Å². The maximum absolute atomic E-state index is 13.1. The van der Waals surface area contributed by atoms with Gasteiger partial charge in [0.2, 0.25) is 0 Å². The second-order valence-corrected chi connectivity index (χ2v) is 9.63. The molecule has 0 radical (unpaired) electrons. The molecule has 0 saturated carbocycles. The Bertz CT molecular complexity index is 1030. The number of amides is 1. The number of nitrogens with one attached hydrogen (secondary N) is 3. The summed E-state index contributed by atoms with van der Waals surface area (Å²) in [7, 11) is -3.80. The van der Waals surface area contributed by atoms with E-state index in [1.807, 2.05) is 33.8 Å². The van der Waals surface area contributed by atoms with E-state index in [1.165, 1.54) is 0 Å². The predicted octanol–water partition coefficient (Wildman–Crippen LogP) is 2.65. The van der Waals surface area contributed by atoms with Crippen molar-refractivity contribution in [3.05, 3.63) is 53.1 Å². The lowest BCUT2D eigenvalue weighted by molar-refractivity contribution is 0.0943. The summed E-state index contributed by atoms with van der Waals surface area (Å²) in [4.78, 5) is 14.8. The van der Waals surface area contributed by atoms with E-state index in [2.05, 4.69) is 20.3 Å². The molecule has 1 aliphatic rings. The average molecular weight is 431 g/mol. The Morgan fingerprint density at radius 3 is 2.37 bits per heavy atom. The van der Waals surface area contributed by atoms with Crippen molar-refractivity contribution < 1.29 is 13.2 Å². The van der Waals surface area contributed by atoms with Gasteiger partial charge in [-0.15, -0.1) is 0 Å². The Balaban J connectivity index is 2.00. The highest BCUT2D eigenvalue weighted by molar-refractivity contribution is 7.92. The Morgan fingerprint density at radius 2 is 1.73 bits per heavy atom. The lowest BCUT2D eigenvalue weighted by Gasteiger charge is -2.31. The van der Waals surface area contributed by atoms with E-state index in [1.54, 1.807) is 30.3 Å². The molecule has 1 fully saturated rings. The molecule has 0 atom stereocenters. The molecule has 162 valence electrons. The van der Waals surface area contributed by atoms with Crippen LogP contribution in [0.3, 0.4) is 0 Å². The van der Waals surface area contributed by atoms with Crippen LogP contribution in [0, 0.1) is 13.8 Å². The minimum absolute atomic E-state index is 0.0129. The summed E-state index contributed by atoms with van der Waals surface area (Å²) in [6, 6.07) is 10.2. The summed E-state index contributed by atoms with van der Waals surface area (Å²) >= 11 is 0. The lowest BCUT2D eigenvalue weighted by atomic mass is 10.1. The third-order valence-electron chi connectivity index (χ3n) is 5.17. The molecule has 1 aliphatic heterocycles. The van der Waals surface area contributed by atoms with Crippen molar-refractivity contribution in [2.45, 2.75) is 38.6 Å². The van der Waals surface area contributed by atoms with Gasteiger partial charge in [-0.25, -0.2) is 8.42 Å². The number of nitrogens with zero attached hydrogens (tertiary/aromatic N) is 1. The van der Waals surface area contributed by atoms with Crippen molar-refractivity contribution >= 4 is 27.3 Å². The first-order valence-electron chi connectivity index (χ1n) is 10.2. The van der Waals surface area contributed by atoms with Crippen molar-refractivity contribution in [2.75, 3.05) is 35.8 Å². The van der Waals surface area contributed by atoms with Crippen LogP contribution in [-0.4, -0.2) is 46.5 Å². The molecule has 0 aliphatic carbocycles. The number of hydrogen-bond acceptors (Lipinski definition) is 5. The molecular weight excluding hydrogens is 400 g/mol. The van der Waals surface area contributed by atoms with Crippen LogP contribution in [0.2, 0.25) is 0 Å². The fourth-order valence-corrected chi connectivity index (χ4v) is 4.52. The molecule has 3 rings (SSSR count). The summed E-state index contributed by atoms with van der Waals surface area (Å²) in [5, 5.41) is 6.15. The van der Waals surface area contributed by atoms with Gasteiger partial charge in [0.15, 0.2) is 0 Å². The Labute approximate surface area is 178 Å². The summed E-state index contributed by atoms with van der Waals surface area (Å²) in [5.41, 5.74) is 3.53. The predicted molar refractivity (Wildman–Crippen MR) is 121 cm³/mol. The summed E-state index contributed by atoms with van der Waals surface area (Å²) in [6.07, 6.45) is 0. The van der Waals surface area contributed by atoms with Crippen LogP contribution in [0.4, 0.5) is 11.4 Å². The molecule has 1 heterocycles. The normalized spacial score (nSPS) is 14.6. The van der Waals surface area contributed by atoms with Crippen molar-refractivity contribution in [3.63, 3.8) is 0 Å². The Kier molecular flexibility index (Phi) is 6.67. The van der Waals surface area contributed by atoms with Gasteiger partial charge in [0.25, 0.3) is 15.9 Å². The smallest absolute Gasteiger partial charge is 0.261 e. The van der Waals surface area contributed by atoms with Crippen molar-refractivity contribution in [2.24, 2.45) is 0 Å². The SMILES string of the molecule is Cc1ccc(S(=O)(=O)Nc2cc(C(=O)NC(C)C)ccc2N2CCNCC2)cc1C. The van der Waals surface area contributed by atoms with E-state index in [9.17, 15) is 13.2 Å². The molecule has 1 saturated heterocycles. The van der Waals surface area contributed by atoms with E-state index in [4.69, 9.17) is 0 Å². The summed E-state index contributed by atoms with van der Waals surface area (Å²) in [6.45, 7) is 10.8. The number of rotatable bonds is 6. The van der Waals surface area contributed by atoms with Gasteiger partial charge in [-0.1, -0.05) is 6.07 Å². The fourth-order valence-electron chi connectivity index (χ4n) is 3.37. The maximum atomic E-state index is 13.1. The highest BCUT2D eigenvalue weighted by Crippen LogP contribution is 2.30. The molecule has 0 bridgehead atoms. The van der Waals surface area contributed by atoms with Crippen molar-refractivity contribution in [1.82, 2.24) is 10.6 Å². The van der Waals surface area contributed by atoms with Gasteiger partial charge in [0, 0.05) is 37.8 Å². The van der Waals surface area contributed by atoms with E-state index >= 15 is 0 Å². The number of anilines is 2. The van der Waals surface area contributed by atoms with E-state index < -0.39 is 10.0 Å². The van der Waals surface area contributed by atoms with Gasteiger partial charge in [-0.05, 0) is 69.2 Å². The third kappa shape index (κ3) is 5.12. The largest absolute Gasteiger partial charge is 0.367 e. The number of sulfonamides is 1. The van der Waals surface area contributed by atoms with Gasteiger partial charge < -0.3 is 15.5 Å². The number of benzene rings is 2. The minimum atomic E-state index is -3.80. The van der Waals surface area contributed by atoms with Crippen LogP contribution >= 0.6 is 0 Å². The molecule has 0 spiro atoms. The summed E-state index contributed by atoms with van der Waals surface area (Å²) < 4.78 is 29.0. The first-order chi connectivity index (χ1) is 14.2. The van der Waals surface area contributed by atoms with Crippen LogP contribution in [0.1, 0.15) is 35.3 Å². The first-order valence-corrected chi connectivity index (χ1v) is 11.7. The number of carbonyl (C=O) groups is 1. The minimum Gasteiger partial charge on any atom is -0.367 e. The fraction of sp³-hybridized carbons (Fsp3) is 0.409. The molecule has 0 aromatic heterocycles. The second-order valence-electron chi connectivity index (χ2n) is 7.95. The molecule has 30 heavy (non-hydrogen) atoms. The Hall–Kier alpha value is -2.58. The molecular formula is C22H30N4O3S. The van der Waals surface area contributed by atoms with Crippen LogP contribution in [0.5, 0.6) is 0 Å². The van der Waals surface area contributed by atoms with E-state index in [0.717, 1.165) is 43.0 Å². The van der Waals surface area contributed by atoms with E-state index in [0.29, 0.717) is 11.3 Å². The van der Waals surface area contributed by atoms with Crippen LogP contribution in [0.15, 0.2) is 41.3 Å². The number of piperazine rings is 1. The van der Waals surface area contributed by atoms with Crippen molar-refractivity contribution in [1.29, 1.82) is 0 Å². The molecule has 3 N–H and O–H groups in total. The van der Waals surface area contributed by atoms with Gasteiger partial charge in [0.05, 0.1) is 16.3 Å². The zero-order valence-electron chi connectivity index (χ0n) is 18.0. The second kappa shape index (κ2) is 9.06. The lowest BCUT2D eigenvalue weighted by Crippen LogP contribution is -2.43. The topological polar surface area (TPSA) is 90.5 Å². The number of hydrogen-bond donors (Lipinski definition) is 3. The standard InChI is InChI=1S/C22H30N4O3S/c1-15(2)24-22(27)18-6-8-21(26-11-9-23-10-12-26)20(14-18)25-30(28,29)19-7-5-16(3)17(4)13-19/h5-8,13-15,23,25H,9-12H2,1-4H3,(H,24,27). The molecule has 2 aromatic carbocycles. The molecule has 7 nitrogen and oxygen atoms in total. The Morgan fingerprint density at radius 1 is 1.03 bits per heavy atom. The third-order valence-corrected chi connectivity index (χ3v) is 6.53. The van der Waals surface area contributed by atoms with E-state index in [-0.39, 0.29) is 16.8 Å². The van der Waals surface area contributed by atoms with Crippen LogP contribution in [-0.2, 0) is 10.0 Å². The maximum Gasteiger partial charge on any atom is 0.261 e. The monoisotopic (exact) mass is 430 g/mol. The van der Waals surface area contributed by atoms with Crippen molar-refractivity contribution in [3.8, 4) is 0 Å². The van der Waals surface area contributed by atoms with Crippen LogP contribution in [0.25, 0.3) is 0 Å². The quantitative estimate of drug-likeness (QED) is 0.656. The molecule has 0 unspecified atom stereocenters. The van der Waals surface area contributed by atoms with Gasteiger partial charge in [-0.3, -0.25) is 9.52 Å². The zero-order valence-corrected chi connectivity index (χ0v) is 18.8.